The monoisotopic (exact) mass is 430 g/mol. The van der Waals surface area contributed by atoms with Crippen LogP contribution in [0.2, 0.25) is 0 Å². The molecule has 5 nitrogen and oxygen atoms in total. The number of benzene rings is 2. The summed E-state index contributed by atoms with van der Waals surface area (Å²) < 4.78 is 13.3. The van der Waals surface area contributed by atoms with Gasteiger partial charge in [-0.3, -0.25) is 4.79 Å². The van der Waals surface area contributed by atoms with Crippen molar-refractivity contribution in [2.24, 2.45) is 0 Å². The van der Waals surface area contributed by atoms with Gasteiger partial charge in [-0.05, 0) is 60.5 Å². The van der Waals surface area contributed by atoms with Gasteiger partial charge in [-0.25, -0.2) is 9.37 Å². The molecule has 2 heterocycles. The fourth-order valence-corrected chi connectivity index (χ4v) is 3.85. The molecule has 0 spiro atoms. The molecule has 1 amide bonds. The van der Waals surface area contributed by atoms with Crippen molar-refractivity contribution < 1.29 is 9.18 Å². The summed E-state index contributed by atoms with van der Waals surface area (Å²) in [5, 5.41) is 2.99. The summed E-state index contributed by atoms with van der Waals surface area (Å²) in [6.07, 6.45) is 4.88. The van der Waals surface area contributed by atoms with Crippen molar-refractivity contribution in [2.75, 3.05) is 36.0 Å². The van der Waals surface area contributed by atoms with E-state index in [1.165, 1.54) is 18.2 Å². The van der Waals surface area contributed by atoms with Gasteiger partial charge in [0.1, 0.15) is 11.6 Å². The van der Waals surface area contributed by atoms with E-state index >= 15 is 0 Å². The summed E-state index contributed by atoms with van der Waals surface area (Å²) in [5.41, 5.74) is 2.85. The molecular weight excluding hydrogens is 403 g/mol. The lowest BCUT2D eigenvalue weighted by molar-refractivity contribution is -0.117. The molecule has 164 valence electrons. The predicted octanol–water partition coefficient (Wildman–Crippen LogP) is 4.44. The van der Waals surface area contributed by atoms with Crippen molar-refractivity contribution in [3.8, 4) is 0 Å². The van der Waals surface area contributed by atoms with Gasteiger partial charge in [0.25, 0.3) is 0 Å². The number of rotatable bonds is 6. The average molecular weight is 431 g/mol. The van der Waals surface area contributed by atoms with E-state index in [4.69, 9.17) is 0 Å². The first kappa shape index (κ1) is 21.6. The quantitative estimate of drug-likeness (QED) is 0.588. The Morgan fingerprint density at radius 1 is 1.00 bits per heavy atom. The molecule has 2 aromatic carbocycles. The van der Waals surface area contributed by atoms with Crippen LogP contribution < -0.4 is 15.1 Å². The van der Waals surface area contributed by atoms with Crippen LogP contribution in [0.5, 0.6) is 0 Å². The zero-order valence-electron chi connectivity index (χ0n) is 18.1. The van der Waals surface area contributed by atoms with Crippen LogP contribution in [-0.2, 0) is 4.79 Å². The Balaban J connectivity index is 1.34. The van der Waals surface area contributed by atoms with E-state index in [0.29, 0.717) is 5.56 Å². The molecule has 1 atom stereocenters. The molecule has 1 aliphatic rings. The highest BCUT2D eigenvalue weighted by atomic mass is 19.1. The smallest absolute Gasteiger partial charge is 0.244 e. The largest absolute Gasteiger partial charge is 0.368 e. The third-order valence-electron chi connectivity index (χ3n) is 5.62. The second-order valence-corrected chi connectivity index (χ2v) is 7.88. The Labute approximate surface area is 188 Å². The van der Waals surface area contributed by atoms with Crippen LogP contribution >= 0.6 is 0 Å². The van der Waals surface area contributed by atoms with Crippen molar-refractivity contribution in [3.63, 3.8) is 0 Å². The summed E-state index contributed by atoms with van der Waals surface area (Å²) >= 11 is 0. The number of nitrogens with zero attached hydrogens (tertiary/aromatic N) is 3. The number of hydrogen-bond donors (Lipinski definition) is 1. The number of halogens is 1. The van der Waals surface area contributed by atoms with Crippen molar-refractivity contribution in [2.45, 2.75) is 13.0 Å². The first-order chi connectivity index (χ1) is 15.6. The number of amides is 1. The van der Waals surface area contributed by atoms with Crippen LogP contribution in [0.25, 0.3) is 6.08 Å². The molecule has 1 saturated heterocycles. The molecule has 1 aromatic heterocycles. The number of carbonyl (C=O) groups is 1. The summed E-state index contributed by atoms with van der Waals surface area (Å²) in [7, 11) is 0. The highest BCUT2D eigenvalue weighted by Crippen LogP contribution is 2.23. The van der Waals surface area contributed by atoms with Crippen molar-refractivity contribution in [1.29, 1.82) is 0 Å². The molecule has 0 bridgehead atoms. The normalized spacial score (nSPS) is 15.1. The molecule has 4 rings (SSSR count). The fraction of sp³-hybridized carbons (Fsp3) is 0.231. The topological polar surface area (TPSA) is 48.5 Å². The summed E-state index contributed by atoms with van der Waals surface area (Å²) in [6.45, 7) is 5.62. The number of carbonyl (C=O) groups excluding carboxylic acids is 1. The molecule has 6 heteroatoms. The highest BCUT2D eigenvalue weighted by molar-refractivity contribution is 5.92. The van der Waals surface area contributed by atoms with Crippen molar-refractivity contribution in [3.05, 3.63) is 95.9 Å². The van der Waals surface area contributed by atoms with Gasteiger partial charge in [0, 0.05) is 44.1 Å². The number of aromatic nitrogens is 1. The Kier molecular flexibility index (Phi) is 6.80. The Morgan fingerprint density at radius 3 is 2.53 bits per heavy atom. The van der Waals surface area contributed by atoms with Gasteiger partial charge in [0.05, 0.1) is 6.04 Å². The molecule has 32 heavy (non-hydrogen) atoms. The van der Waals surface area contributed by atoms with E-state index in [1.807, 2.05) is 43.5 Å². The molecule has 3 aromatic rings. The lowest BCUT2D eigenvalue weighted by atomic mass is 10.1. The average Bonchev–Trinajstić information content (AvgIpc) is 2.83. The lowest BCUT2D eigenvalue weighted by Crippen LogP contribution is -2.46. The molecule has 0 saturated carbocycles. The first-order valence-electron chi connectivity index (χ1n) is 10.8. The number of pyridine rings is 1. The molecule has 1 N–H and O–H groups in total. The third kappa shape index (κ3) is 5.52. The summed E-state index contributed by atoms with van der Waals surface area (Å²) in [6, 6.07) is 20.3. The Bertz CT molecular complexity index is 1080. The van der Waals surface area contributed by atoms with E-state index in [2.05, 4.69) is 32.2 Å². The molecule has 1 fully saturated rings. The van der Waals surface area contributed by atoms with E-state index < -0.39 is 0 Å². The van der Waals surface area contributed by atoms with Gasteiger partial charge in [-0.1, -0.05) is 30.3 Å². The minimum atomic E-state index is -0.321. The van der Waals surface area contributed by atoms with Crippen LogP contribution in [0.1, 0.15) is 24.1 Å². The van der Waals surface area contributed by atoms with Gasteiger partial charge in [0.2, 0.25) is 5.91 Å². The second-order valence-electron chi connectivity index (χ2n) is 7.88. The SMILES string of the molecule is C[C@H](NC(=O)/C=C/c1cccc(F)c1)c1cccc(N2CCN(c3ccccn3)CC2)c1. The van der Waals surface area contributed by atoms with E-state index in [9.17, 15) is 9.18 Å². The van der Waals surface area contributed by atoms with Gasteiger partial charge >= 0.3 is 0 Å². The molecule has 1 aliphatic heterocycles. The van der Waals surface area contributed by atoms with Crippen molar-refractivity contribution in [1.82, 2.24) is 10.3 Å². The van der Waals surface area contributed by atoms with E-state index in [1.54, 1.807) is 18.2 Å². The summed E-state index contributed by atoms with van der Waals surface area (Å²) in [4.78, 5) is 21.4. The van der Waals surface area contributed by atoms with Crippen molar-refractivity contribution >= 4 is 23.5 Å². The minimum Gasteiger partial charge on any atom is -0.368 e. The van der Waals surface area contributed by atoms with Crippen LogP contribution in [0.15, 0.2) is 79.0 Å². The van der Waals surface area contributed by atoms with Gasteiger partial charge in [-0.15, -0.1) is 0 Å². The Hall–Kier alpha value is -3.67. The highest BCUT2D eigenvalue weighted by Gasteiger charge is 2.19. The van der Waals surface area contributed by atoms with Crippen LogP contribution in [-0.4, -0.2) is 37.1 Å². The maximum Gasteiger partial charge on any atom is 0.244 e. The lowest BCUT2D eigenvalue weighted by Gasteiger charge is -2.37. The Morgan fingerprint density at radius 2 is 1.78 bits per heavy atom. The van der Waals surface area contributed by atoms with Gasteiger partial charge in [0.15, 0.2) is 0 Å². The van der Waals surface area contributed by atoms with E-state index in [0.717, 1.165) is 43.2 Å². The maximum atomic E-state index is 13.3. The van der Waals surface area contributed by atoms with Crippen LogP contribution in [0.3, 0.4) is 0 Å². The number of nitrogens with one attached hydrogen (secondary N) is 1. The molecule has 0 unspecified atom stereocenters. The predicted molar refractivity (Wildman–Crippen MR) is 127 cm³/mol. The van der Waals surface area contributed by atoms with Gasteiger partial charge in [-0.2, -0.15) is 0 Å². The van der Waals surface area contributed by atoms with Gasteiger partial charge < -0.3 is 15.1 Å². The zero-order valence-corrected chi connectivity index (χ0v) is 18.1. The first-order valence-corrected chi connectivity index (χ1v) is 10.8. The molecule has 0 radical (unpaired) electrons. The number of hydrogen-bond acceptors (Lipinski definition) is 4. The summed E-state index contributed by atoms with van der Waals surface area (Å²) in [5.74, 6) is 0.485. The molecule has 0 aliphatic carbocycles. The maximum absolute atomic E-state index is 13.3. The fourth-order valence-electron chi connectivity index (χ4n) is 3.85. The zero-order chi connectivity index (χ0) is 22.3. The third-order valence-corrected chi connectivity index (χ3v) is 5.62. The van der Waals surface area contributed by atoms with Crippen LogP contribution in [0, 0.1) is 5.82 Å². The second kappa shape index (κ2) is 10.1. The number of piperazine rings is 1. The standard InChI is InChI=1S/C26H27FN4O/c1-20(29-26(32)12-11-21-6-4-8-23(27)18-21)22-7-5-9-24(19-22)30-14-16-31(17-15-30)25-10-2-3-13-28-25/h2-13,18-20H,14-17H2,1H3,(H,29,32)/b12-11+/t20-/m0/s1. The minimum absolute atomic E-state index is 0.144. The molecular formula is C26H27FN4O. The number of anilines is 2. The van der Waals surface area contributed by atoms with Crippen LogP contribution in [0.4, 0.5) is 15.9 Å². The van der Waals surface area contributed by atoms with E-state index in [-0.39, 0.29) is 17.8 Å².